The second-order valence-electron chi connectivity index (χ2n) is 5.24. The van der Waals surface area contributed by atoms with Crippen LogP contribution in [0.4, 0.5) is 5.69 Å². The minimum atomic E-state index is 0. The Hall–Kier alpha value is -0.870. The Kier molecular flexibility index (Phi) is 7.95. The standard InChI is InChI=1S/C14H22N2OS.ClH/c1-14(2,3)18-10-13(17)16-9-8-11-4-6-12(15)7-5-11;/h4-7H,8-10,15H2,1-3H3,(H,16,17);1H. The number of nitrogen functional groups attached to an aromatic ring is 1. The summed E-state index contributed by atoms with van der Waals surface area (Å²) in [5.41, 5.74) is 7.57. The van der Waals surface area contributed by atoms with E-state index in [-0.39, 0.29) is 23.1 Å². The molecule has 0 bridgehead atoms. The van der Waals surface area contributed by atoms with Crippen LogP contribution in [0.3, 0.4) is 0 Å². The number of carbonyl (C=O) groups excluding carboxylic acids is 1. The molecule has 0 radical (unpaired) electrons. The van der Waals surface area contributed by atoms with E-state index in [1.54, 1.807) is 11.8 Å². The molecule has 0 fully saturated rings. The first-order chi connectivity index (χ1) is 8.37. The van der Waals surface area contributed by atoms with Crippen LogP contribution >= 0.6 is 24.2 Å². The molecule has 0 aliphatic carbocycles. The van der Waals surface area contributed by atoms with Gasteiger partial charge in [-0.3, -0.25) is 4.79 Å². The van der Waals surface area contributed by atoms with Crippen molar-refractivity contribution in [3.8, 4) is 0 Å². The van der Waals surface area contributed by atoms with E-state index in [1.165, 1.54) is 5.56 Å². The van der Waals surface area contributed by atoms with Gasteiger partial charge in [0.2, 0.25) is 5.91 Å². The lowest BCUT2D eigenvalue weighted by atomic mass is 10.1. The highest BCUT2D eigenvalue weighted by atomic mass is 35.5. The Labute approximate surface area is 126 Å². The summed E-state index contributed by atoms with van der Waals surface area (Å²) in [6, 6.07) is 7.75. The number of hydrogen-bond donors (Lipinski definition) is 2. The van der Waals surface area contributed by atoms with Crippen LogP contribution in [0.5, 0.6) is 0 Å². The lowest BCUT2D eigenvalue weighted by molar-refractivity contribution is -0.118. The van der Waals surface area contributed by atoms with Crippen molar-refractivity contribution in [1.82, 2.24) is 5.32 Å². The van der Waals surface area contributed by atoms with Gasteiger partial charge in [-0.25, -0.2) is 0 Å². The van der Waals surface area contributed by atoms with Crippen molar-refractivity contribution < 1.29 is 4.79 Å². The van der Waals surface area contributed by atoms with Gasteiger partial charge in [-0.1, -0.05) is 32.9 Å². The zero-order valence-electron chi connectivity index (χ0n) is 11.7. The van der Waals surface area contributed by atoms with Crippen molar-refractivity contribution in [3.05, 3.63) is 29.8 Å². The molecule has 3 nitrogen and oxygen atoms in total. The molecule has 108 valence electrons. The van der Waals surface area contributed by atoms with Crippen LogP contribution in [0.15, 0.2) is 24.3 Å². The van der Waals surface area contributed by atoms with Crippen LogP contribution in [0.1, 0.15) is 26.3 Å². The Morgan fingerprint density at radius 2 is 1.84 bits per heavy atom. The van der Waals surface area contributed by atoms with Crippen molar-refractivity contribution >= 4 is 35.8 Å². The van der Waals surface area contributed by atoms with E-state index >= 15 is 0 Å². The highest BCUT2D eigenvalue weighted by Gasteiger charge is 2.12. The largest absolute Gasteiger partial charge is 0.399 e. The first-order valence-electron chi connectivity index (χ1n) is 6.12. The fraction of sp³-hybridized carbons (Fsp3) is 0.500. The molecule has 5 heteroatoms. The number of thioether (sulfide) groups is 1. The monoisotopic (exact) mass is 302 g/mol. The van der Waals surface area contributed by atoms with Crippen molar-refractivity contribution in [1.29, 1.82) is 0 Å². The van der Waals surface area contributed by atoms with Gasteiger partial charge in [0.15, 0.2) is 0 Å². The first-order valence-corrected chi connectivity index (χ1v) is 7.10. The van der Waals surface area contributed by atoms with Crippen LogP contribution in [-0.2, 0) is 11.2 Å². The molecular weight excluding hydrogens is 280 g/mol. The molecule has 0 aliphatic rings. The van der Waals surface area contributed by atoms with Gasteiger partial charge in [0.1, 0.15) is 0 Å². The summed E-state index contributed by atoms with van der Waals surface area (Å²) in [4.78, 5) is 11.6. The molecule has 3 N–H and O–H groups in total. The number of rotatable bonds is 5. The van der Waals surface area contributed by atoms with E-state index in [0.29, 0.717) is 12.3 Å². The van der Waals surface area contributed by atoms with E-state index in [1.807, 2.05) is 24.3 Å². The molecule has 0 saturated carbocycles. The summed E-state index contributed by atoms with van der Waals surface area (Å²) < 4.78 is 0.133. The molecule has 0 unspecified atom stereocenters. The summed E-state index contributed by atoms with van der Waals surface area (Å²) >= 11 is 1.66. The zero-order chi connectivity index (χ0) is 13.6. The van der Waals surface area contributed by atoms with Crippen molar-refractivity contribution in [2.45, 2.75) is 31.9 Å². The van der Waals surface area contributed by atoms with Gasteiger partial charge < -0.3 is 11.1 Å². The third-order valence-corrected chi connectivity index (χ3v) is 3.62. The average molecular weight is 303 g/mol. The molecule has 0 atom stereocenters. The van der Waals surface area contributed by atoms with Crippen LogP contribution in [-0.4, -0.2) is 23.0 Å². The fourth-order valence-corrected chi connectivity index (χ4v) is 2.03. The average Bonchev–Trinajstić information content (AvgIpc) is 2.28. The number of hydrogen-bond acceptors (Lipinski definition) is 3. The van der Waals surface area contributed by atoms with Gasteiger partial charge in [-0.15, -0.1) is 24.2 Å². The molecule has 1 rings (SSSR count). The van der Waals surface area contributed by atoms with Gasteiger partial charge >= 0.3 is 0 Å². The summed E-state index contributed by atoms with van der Waals surface area (Å²) in [6.07, 6.45) is 0.839. The van der Waals surface area contributed by atoms with Crippen LogP contribution in [0.2, 0.25) is 0 Å². The summed E-state index contributed by atoms with van der Waals surface area (Å²) in [5.74, 6) is 0.621. The maximum Gasteiger partial charge on any atom is 0.230 e. The van der Waals surface area contributed by atoms with Crippen LogP contribution in [0.25, 0.3) is 0 Å². The highest BCUT2D eigenvalue weighted by molar-refractivity contribution is 8.01. The van der Waals surface area contributed by atoms with Crippen LogP contribution in [0, 0.1) is 0 Å². The molecule has 1 aromatic rings. The van der Waals surface area contributed by atoms with Crippen molar-refractivity contribution in [2.24, 2.45) is 0 Å². The zero-order valence-corrected chi connectivity index (χ0v) is 13.4. The molecule has 19 heavy (non-hydrogen) atoms. The molecule has 0 aliphatic heterocycles. The van der Waals surface area contributed by atoms with Gasteiger partial charge in [0.05, 0.1) is 5.75 Å². The predicted molar refractivity (Wildman–Crippen MR) is 87.0 cm³/mol. The SMILES string of the molecule is CC(C)(C)SCC(=O)NCCc1ccc(N)cc1.Cl. The second-order valence-corrected chi connectivity index (χ2v) is 7.04. The Morgan fingerprint density at radius 3 is 2.37 bits per heavy atom. The minimum absolute atomic E-state index is 0. The van der Waals surface area contributed by atoms with Crippen molar-refractivity contribution in [3.63, 3.8) is 0 Å². The first kappa shape index (κ1) is 18.1. The maximum absolute atomic E-state index is 11.6. The Bertz CT molecular complexity index is 387. The number of benzene rings is 1. The third-order valence-electron chi connectivity index (χ3n) is 2.35. The van der Waals surface area contributed by atoms with E-state index in [2.05, 4.69) is 26.1 Å². The lowest BCUT2D eigenvalue weighted by Crippen LogP contribution is -2.28. The van der Waals surface area contributed by atoms with Crippen LogP contribution < -0.4 is 11.1 Å². The van der Waals surface area contributed by atoms with Gasteiger partial charge in [-0.2, -0.15) is 0 Å². The van der Waals surface area contributed by atoms with Gasteiger partial charge in [0.25, 0.3) is 0 Å². The highest BCUT2D eigenvalue weighted by Crippen LogP contribution is 2.22. The topological polar surface area (TPSA) is 55.1 Å². The summed E-state index contributed by atoms with van der Waals surface area (Å²) in [6.45, 7) is 7.01. The summed E-state index contributed by atoms with van der Waals surface area (Å²) in [7, 11) is 0. The van der Waals surface area contributed by atoms with E-state index in [0.717, 1.165) is 12.1 Å². The second kappa shape index (κ2) is 8.33. The van der Waals surface area contributed by atoms with Crippen molar-refractivity contribution in [2.75, 3.05) is 18.0 Å². The number of carbonyl (C=O) groups is 1. The van der Waals surface area contributed by atoms with E-state index < -0.39 is 0 Å². The fourth-order valence-electron chi connectivity index (χ4n) is 1.36. The third kappa shape index (κ3) is 8.78. The number of amides is 1. The molecule has 1 aromatic carbocycles. The minimum Gasteiger partial charge on any atom is -0.399 e. The molecular formula is C14H23ClN2OS. The lowest BCUT2D eigenvalue weighted by Gasteiger charge is -2.16. The predicted octanol–water partition coefficient (Wildman–Crippen LogP) is 2.88. The number of nitrogens with two attached hydrogens (primary N) is 1. The Balaban J connectivity index is 0.00000324. The number of anilines is 1. The molecule has 1 amide bonds. The smallest absolute Gasteiger partial charge is 0.230 e. The summed E-state index contributed by atoms with van der Waals surface area (Å²) in [5, 5.41) is 2.93. The quantitative estimate of drug-likeness (QED) is 0.822. The van der Waals surface area contributed by atoms with E-state index in [9.17, 15) is 4.79 Å². The molecule has 0 saturated heterocycles. The molecule has 0 aromatic heterocycles. The van der Waals surface area contributed by atoms with E-state index in [4.69, 9.17) is 5.73 Å². The maximum atomic E-state index is 11.6. The van der Waals surface area contributed by atoms with Gasteiger partial charge in [-0.05, 0) is 24.1 Å². The molecule has 0 spiro atoms. The van der Waals surface area contributed by atoms with Gasteiger partial charge in [0, 0.05) is 17.0 Å². The number of nitrogens with one attached hydrogen (secondary N) is 1. The number of halogens is 1. The molecule has 0 heterocycles. The normalized spacial score (nSPS) is 10.7. The Morgan fingerprint density at radius 1 is 1.26 bits per heavy atom.